The monoisotopic (exact) mass is 429 g/mol. The predicted octanol–water partition coefficient (Wildman–Crippen LogP) is 6.57. The lowest BCUT2D eigenvalue weighted by Crippen LogP contribution is -2.40. The van der Waals surface area contributed by atoms with Crippen LogP contribution in [0, 0.1) is 5.92 Å². The zero-order valence-electron chi connectivity index (χ0n) is 19.9. The second-order valence-corrected chi connectivity index (χ2v) is 8.97. The van der Waals surface area contributed by atoms with Gasteiger partial charge in [0.1, 0.15) is 0 Å². The van der Waals surface area contributed by atoms with E-state index in [1.165, 1.54) is 56.9 Å². The molecule has 4 heteroatoms. The molecule has 0 atom stereocenters. The van der Waals surface area contributed by atoms with E-state index in [0.29, 0.717) is 32.5 Å². The number of ether oxygens (including phenoxy) is 1. The molecule has 4 nitrogen and oxygen atoms in total. The summed E-state index contributed by atoms with van der Waals surface area (Å²) >= 11 is 0. The zero-order valence-corrected chi connectivity index (χ0v) is 19.9. The molecule has 174 valence electrons. The number of hydrogen-bond donors (Lipinski definition) is 0. The molecule has 1 aliphatic rings. The smallest absolute Gasteiger partial charge is 0.309 e. The van der Waals surface area contributed by atoms with Gasteiger partial charge >= 0.3 is 5.97 Å². The number of unbranched alkanes of at least 4 members (excludes halogenated alkanes) is 9. The summed E-state index contributed by atoms with van der Waals surface area (Å²) in [6, 6.07) is 7.86. The molecule has 1 saturated heterocycles. The van der Waals surface area contributed by atoms with Gasteiger partial charge in [-0.1, -0.05) is 83.8 Å². The van der Waals surface area contributed by atoms with Crippen molar-refractivity contribution in [1.82, 2.24) is 4.90 Å². The zero-order chi connectivity index (χ0) is 22.3. The third-order valence-corrected chi connectivity index (χ3v) is 6.47. The molecular weight excluding hydrogens is 386 g/mol. The molecule has 1 amide bonds. The molecule has 31 heavy (non-hydrogen) atoms. The minimum absolute atomic E-state index is 0.0605. The molecule has 1 aromatic rings. The molecule has 0 spiro atoms. The number of likely N-dealkylation sites (tertiary alicyclic amines) is 1. The van der Waals surface area contributed by atoms with Crippen LogP contribution >= 0.6 is 0 Å². The van der Waals surface area contributed by atoms with Crippen molar-refractivity contribution in [3.63, 3.8) is 0 Å². The van der Waals surface area contributed by atoms with Gasteiger partial charge in [-0.3, -0.25) is 9.59 Å². The lowest BCUT2D eigenvalue weighted by atomic mass is 9.96. The Hall–Kier alpha value is -1.84. The van der Waals surface area contributed by atoms with Crippen LogP contribution in [-0.4, -0.2) is 36.5 Å². The van der Waals surface area contributed by atoms with Crippen LogP contribution < -0.4 is 0 Å². The van der Waals surface area contributed by atoms with Crippen LogP contribution in [0.25, 0.3) is 0 Å². The van der Waals surface area contributed by atoms with E-state index in [9.17, 15) is 9.59 Å². The van der Waals surface area contributed by atoms with E-state index in [-0.39, 0.29) is 17.8 Å². The van der Waals surface area contributed by atoms with Crippen molar-refractivity contribution in [2.75, 3.05) is 19.7 Å². The number of nitrogens with zero attached hydrogens (tertiary/aromatic N) is 1. The van der Waals surface area contributed by atoms with Crippen LogP contribution in [0.5, 0.6) is 0 Å². The maximum atomic E-state index is 12.7. The minimum Gasteiger partial charge on any atom is -0.465 e. The average Bonchev–Trinajstić information content (AvgIpc) is 2.82. The fourth-order valence-electron chi connectivity index (χ4n) is 4.26. The van der Waals surface area contributed by atoms with Crippen molar-refractivity contribution in [2.45, 2.75) is 97.3 Å². The third kappa shape index (κ3) is 9.45. The molecule has 0 aromatic heterocycles. The van der Waals surface area contributed by atoms with Crippen molar-refractivity contribution < 1.29 is 14.3 Å². The lowest BCUT2D eigenvalue weighted by molar-refractivity contribution is -0.150. The molecule has 0 saturated carbocycles. The largest absolute Gasteiger partial charge is 0.465 e. The van der Waals surface area contributed by atoms with Crippen LogP contribution in [0.1, 0.15) is 107 Å². The summed E-state index contributed by atoms with van der Waals surface area (Å²) in [7, 11) is 0. The first-order chi connectivity index (χ1) is 15.2. The van der Waals surface area contributed by atoms with E-state index in [1.54, 1.807) is 0 Å². The Bertz CT molecular complexity index is 632. The maximum Gasteiger partial charge on any atom is 0.309 e. The first kappa shape index (κ1) is 25.4. The first-order valence-corrected chi connectivity index (χ1v) is 12.7. The van der Waals surface area contributed by atoms with Gasteiger partial charge in [-0.2, -0.15) is 0 Å². The third-order valence-electron chi connectivity index (χ3n) is 6.47. The van der Waals surface area contributed by atoms with Crippen LogP contribution in [0.15, 0.2) is 24.3 Å². The van der Waals surface area contributed by atoms with Gasteiger partial charge in [-0.05, 0) is 43.4 Å². The number of hydrogen-bond acceptors (Lipinski definition) is 3. The normalized spacial score (nSPS) is 14.6. The van der Waals surface area contributed by atoms with Gasteiger partial charge in [0, 0.05) is 18.7 Å². The molecule has 0 aliphatic carbocycles. The molecule has 0 unspecified atom stereocenters. The standard InChI is InChI=1S/C27H43NO3/c1-3-5-6-7-8-9-10-11-12-13-22-31-27(30)25-18-20-28(21-19-25)26(29)24-16-14-23(4-2)15-17-24/h14-17,25H,3-13,18-22H2,1-2H3. The molecule has 1 aliphatic heterocycles. The topological polar surface area (TPSA) is 46.6 Å². The maximum absolute atomic E-state index is 12.7. The summed E-state index contributed by atoms with van der Waals surface area (Å²) < 4.78 is 5.52. The van der Waals surface area contributed by atoms with Crippen LogP contribution in [0.4, 0.5) is 0 Å². The van der Waals surface area contributed by atoms with Crippen molar-refractivity contribution in [1.29, 1.82) is 0 Å². The van der Waals surface area contributed by atoms with E-state index in [4.69, 9.17) is 4.74 Å². The number of esters is 1. The number of carbonyl (C=O) groups is 2. The number of aryl methyl sites for hydroxylation is 1. The molecule has 1 aromatic carbocycles. The van der Waals surface area contributed by atoms with Gasteiger partial charge in [-0.15, -0.1) is 0 Å². The van der Waals surface area contributed by atoms with Gasteiger partial charge in [0.25, 0.3) is 5.91 Å². The number of benzene rings is 1. The second-order valence-electron chi connectivity index (χ2n) is 8.97. The Morgan fingerprint density at radius 3 is 1.94 bits per heavy atom. The van der Waals surface area contributed by atoms with Gasteiger partial charge in [0.2, 0.25) is 0 Å². The summed E-state index contributed by atoms with van der Waals surface area (Å²) in [4.78, 5) is 26.9. The van der Waals surface area contributed by atoms with Crippen molar-refractivity contribution in [2.24, 2.45) is 5.92 Å². The predicted molar refractivity (Wildman–Crippen MR) is 127 cm³/mol. The number of piperidine rings is 1. The summed E-state index contributed by atoms with van der Waals surface area (Å²) in [5.74, 6) is -0.0650. The second kappa shape index (κ2) is 15.0. The molecule has 1 fully saturated rings. The number of amides is 1. The fraction of sp³-hybridized carbons (Fsp3) is 0.704. The molecule has 0 radical (unpaired) electrons. The van der Waals surface area contributed by atoms with Crippen molar-refractivity contribution >= 4 is 11.9 Å². The average molecular weight is 430 g/mol. The lowest BCUT2D eigenvalue weighted by Gasteiger charge is -2.31. The number of carbonyl (C=O) groups excluding carboxylic acids is 2. The summed E-state index contributed by atoms with van der Waals surface area (Å²) in [6.45, 7) is 6.17. The Morgan fingerprint density at radius 1 is 0.839 bits per heavy atom. The van der Waals surface area contributed by atoms with Crippen molar-refractivity contribution in [3.8, 4) is 0 Å². The van der Waals surface area contributed by atoms with Gasteiger partial charge in [0.05, 0.1) is 12.5 Å². The van der Waals surface area contributed by atoms with Gasteiger partial charge < -0.3 is 9.64 Å². The molecule has 0 N–H and O–H groups in total. The van der Waals surface area contributed by atoms with Crippen LogP contribution in [0.2, 0.25) is 0 Å². The molecule has 1 heterocycles. The van der Waals surface area contributed by atoms with Gasteiger partial charge in [0.15, 0.2) is 0 Å². The molecular formula is C27H43NO3. The van der Waals surface area contributed by atoms with E-state index in [2.05, 4.69) is 13.8 Å². The van der Waals surface area contributed by atoms with Crippen LogP contribution in [-0.2, 0) is 16.0 Å². The van der Waals surface area contributed by atoms with E-state index in [1.807, 2.05) is 29.2 Å². The first-order valence-electron chi connectivity index (χ1n) is 12.7. The Morgan fingerprint density at radius 2 is 1.39 bits per heavy atom. The molecule has 0 bridgehead atoms. The van der Waals surface area contributed by atoms with Crippen molar-refractivity contribution in [3.05, 3.63) is 35.4 Å². The van der Waals surface area contributed by atoms with E-state index in [0.717, 1.165) is 24.8 Å². The minimum atomic E-state index is -0.0738. The highest BCUT2D eigenvalue weighted by Crippen LogP contribution is 2.21. The molecule has 2 rings (SSSR count). The highest BCUT2D eigenvalue weighted by atomic mass is 16.5. The van der Waals surface area contributed by atoms with E-state index >= 15 is 0 Å². The summed E-state index contributed by atoms with van der Waals surface area (Å²) in [5, 5.41) is 0. The Balaban J connectivity index is 1.53. The highest BCUT2D eigenvalue weighted by molar-refractivity contribution is 5.94. The van der Waals surface area contributed by atoms with E-state index < -0.39 is 0 Å². The SMILES string of the molecule is CCCCCCCCCCCCOC(=O)C1CCN(C(=O)c2ccc(CC)cc2)CC1. The quantitative estimate of drug-likeness (QED) is 0.248. The number of rotatable bonds is 14. The Labute approximate surface area is 189 Å². The van der Waals surface area contributed by atoms with Gasteiger partial charge in [-0.25, -0.2) is 0 Å². The summed E-state index contributed by atoms with van der Waals surface area (Å²) in [5.41, 5.74) is 1.97. The van der Waals surface area contributed by atoms with Crippen LogP contribution in [0.3, 0.4) is 0 Å². The highest BCUT2D eigenvalue weighted by Gasteiger charge is 2.28. The Kier molecular flexibility index (Phi) is 12.3. The fourth-order valence-corrected chi connectivity index (χ4v) is 4.26. The summed E-state index contributed by atoms with van der Waals surface area (Å²) in [6.07, 6.45) is 15.2.